The van der Waals surface area contributed by atoms with Gasteiger partial charge >= 0.3 is 0 Å². The van der Waals surface area contributed by atoms with Gasteiger partial charge in [-0.1, -0.05) is 60.1 Å². The number of rotatable bonds is 5. The molecule has 0 spiro atoms. The number of hydrazone groups is 1. The van der Waals surface area contributed by atoms with Crippen LogP contribution in [-0.4, -0.2) is 15.7 Å². The Labute approximate surface area is 166 Å². The highest BCUT2D eigenvalue weighted by Crippen LogP contribution is 2.26. The van der Waals surface area contributed by atoms with E-state index in [0.29, 0.717) is 10.2 Å². The van der Waals surface area contributed by atoms with Crippen molar-refractivity contribution < 1.29 is 0 Å². The fourth-order valence-corrected chi connectivity index (χ4v) is 3.43. The van der Waals surface area contributed by atoms with Crippen molar-refractivity contribution in [3.8, 4) is 11.3 Å². The molecule has 0 radical (unpaired) electrons. The van der Waals surface area contributed by atoms with Crippen LogP contribution in [0.2, 0.25) is 5.02 Å². The number of halogens is 1. The van der Waals surface area contributed by atoms with Crippen LogP contribution in [0, 0.1) is 0 Å². The largest absolute Gasteiger partial charge is 0.255 e. The third-order valence-electron chi connectivity index (χ3n) is 3.84. The Balaban J connectivity index is 1.63. The summed E-state index contributed by atoms with van der Waals surface area (Å²) in [7, 11) is 0. The number of benzene rings is 2. The van der Waals surface area contributed by atoms with Crippen LogP contribution in [0.5, 0.6) is 0 Å². The molecule has 0 bridgehead atoms. The van der Waals surface area contributed by atoms with Gasteiger partial charge in [-0.2, -0.15) is 5.10 Å². The lowest BCUT2D eigenvalue weighted by Crippen LogP contribution is -2.08. The molecule has 0 amide bonds. The minimum Gasteiger partial charge on any atom is -0.255 e. The minimum absolute atomic E-state index is 0.689. The molecule has 0 saturated carbocycles. The van der Waals surface area contributed by atoms with Gasteiger partial charge in [-0.25, -0.2) is 4.98 Å². The molecule has 0 atom stereocenters. The second-order valence-corrected chi connectivity index (χ2v) is 7.00. The number of nitrogens with one attached hydrogen (secondary N) is 1. The summed E-state index contributed by atoms with van der Waals surface area (Å²) in [6.45, 7) is 0. The summed E-state index contributed by atoms with van der Waals surface area (Å²) in [6, 6.07) is 23.4. The summed E-state index contributed by atoms with van der Waals surface area (Å²) < 4.78 is 0. The van der Waals surface area contributed by atoms with Gasteiger partial charge < -0.3 is 0 Å². The van der Waals surface area contributed by atoms with Crippen LogP contribution >= 0.6 is 22.9 Å². The van der Waals surface area contributed by atoms with Gasteiger partial charge in [0, 0.05) is 27.7 Å². The highest BCUT2D eigenvalue weighted by molar-refractivity contribution is 7.14. The lowest BCUT2D eigenvalue weighted by atomic mass is 10.1. The molecule has 2 aromatic carbocycles. The molecule has 2 heterocycles. The maximum atomic E-state index is 6.07. The smallest absolute Gasteiger partial charge is 0.203 e. The summed E-state index contributed by atoms with van der Waals surface area (Å²) in [5.74, 6) is 0. The average molecular weight is 391 g/mol. The topological polar surface area (TPSA) is 50.2 Å². The first-order valence-corrected chi connectivity index (χ1v) is 9.57. The van der Waals surface area contributed by atoms with E-state index in [1.807, 2.05) is 78.2 Å². The van der Waals surface area contributed by atoms with Crippen molar-refractivity contribution in [2.75, 3.05) is 5.43 Å². The van der Waals surface area contributed by atoms with Crippen molar-refractivity contribution >= 4 is 33.8 Å². The van der Waals surface area contributed by atoms with Gasteiger partial charge in [0.1, 0.15) is 5.71 Å². The van der Waals surface area contributed by atoms with Crippen LogP contribution < -0.4 is 5.43 Å². The Bertz CT molecular complexity index is 1020. The van der Waals surface area contributed by atoms with Crippen molar-refractivity contribution in [3.05, 3.63) is 101 Å². The Morgan fingerprint density at radius 1 is 0.963 bits per heavy atom. The normalized spacial score (nSPS) is 11.4. The van der Waals surface area contributed by atoms with E-state index >= 15 is 0 Å². The number of anilines is 1. The second kappa shape index (κ2) is 8.12. The van der Waals surface area contributed by atoms with E-state index in [1.165, 1.54) is 11.3 Å². The Kier molecular flexibility index (Phi) is 5.23. The minimum atomic E-state index is 0.689. The third kappa shape index (κ3) is 4.22. The molecule has 4 aromatic rings. The molecule has 0 fully saturated rings. The van der Waals surface area contributed by atoms with Gasteiger partial charge in [0.15, 0.2) is 0 Å². The molecule has 0 saturated heterocycles. The van der Waals surface area contributed by atoms with E-state index in [4.69, 9.17) is 11.6 Å². The summed E-state index contributed by atoms with van der Waals surface area (Å²) in [5, 5.41) is 7.96. The standard InChI is InChI=1S/C21H15ClN4S/c22-17-10-6-9-16(13-17)19-14-27-21(24-19)26-25-20(15-7-2-1-3-8-15)18-11-4-5-12-23-18/h1-14H,(H,24,26). The van der Waals surface area contributed by atoms with E-state index in [0.717, 1.165) is 28.2 Å². The molecule has 0 aliphatic rings. The van der Waals surface area contributed by atoms with Gasteiger partial charge in [-0.3, -0.25) is 10.4 Å². The number of aromatic nitrogens is 2. The molecule has 4 nitrogen and oxygen atoms in total. The van der Waals surface area contributed by atoms with E-state index in [1.54, 1.807) is 6.20 Å². The van der Waals surface area contributed by atoms with Crippen LogP contribution in [0.15, 0.2) is 89.5 Å². The zero-order chi connectivity index (χ0) is 18.5. The number of thiazole rings is 1. The lowest BCUT2D eigenvalue weighted by molar-refractivity contribution is 1.24. The molecule has 0 aliphatic carbocycles. The van der Waals surface area contributed by atoms with Crippen molar-refractivity contribution in [2.45, 2.75) is 0 Å². The third-order valence-corrected chi connectivity index (χ3v) is 4.82. The molecule has 0 unspecified atom stereocenters. The molecule has 27 heavy (non-hydrogen) atoms. The number of hydrogen-bond donors (Lipinski definition) is 1. The van der Waals surface area contributed by atoms with E-state index in [2.05, 4.69) is 20.5 Å². The van der Waals surface area contributed by atoms with Gasteiger partial charge in [-0.05, 0) is 24.3 Å². The fourth-order valence-electron chi connectivity index (χ4n) is 2.58. The summed E-state index contributed by atoms with van der Waals surface area (Å²) in [5.41, 5.74) is 7.44. The quantitative estimate of drug-likeness (QED) is 0.350. The highest BCUT2D eigenvalue weighted by atomic mass is 35.5. The van der Waals surface area contributed by atoms with Crippen molar-refractivity contribution in [2.24, 2.45) is 5.10 Å². The SMILES string of the molecule is Clc1cccc(-c2csc(NN=C(c3ccccc3)c3ccccn3)n2)c1. The molecular weight excluding hydrogens is 376 g/mol. The van der Waals surface area contributed by atoms with Crippen LogP contribution in [0.1, 0.15) is 11.3 Å². The summed E-state index contributed by atoms with van der Waals surface area (Å²) in [4.78, 5) is 9.03. The van der Waals surface area contributed by atoms with Crippen LogP contribution in [0.3, 0.4) is 0 Å². The monoisotopic (exact) mass is 390 g/mol. The second-order valence-electron chi connectivity index (χ2n) is 5.70. The molecule has 6 heteroatoms. The molecule has 2 aromatic heterocycles. The Morgan fingerprint density at radius 3 is 2.59 bits per heavy atom. The first kappa shape index (κ1) is 17.4. The zero-order valence-corrected chi connectivity index (χ0v) is 15.8. The molecular formula is C21H15ClN4S. The Hall–Kier alpha value is -3.02. The maximum Gasteiger partial charge on any atom is 0.203 e. The van der Waals surface area contributed by atoms with Crippen molar-refractivity contribution in [3.63, 3.8) is 0 Å². The van der Waals surface area contributed by atoms with E-state index < -0.39 is 0 Å². The summed E-state index contributed by atoms with van der Waals surface area (Å²) >= 11 is 7.56. The zero-order valence-electron chi connectivity index (χ0n) is 14.2. The van der Waals surface area contributed by atoms with Crippen molar-refractivity contribution in [1.82, 2.24) is 9.97 Å². The average Bonchev–Trinajstić information content (AvgIpc) is 3.19. The lowest BCUT2D eigenvalue weighted by Gasteiger charge is -2.06. The highest BCUT2D eigenvalue weighted by Gasteiger charge is 2.09. The fraction of sp³-hybridized carbons (Fsp3) is 0. The number of nitrogens with zero attached hydrogens (tertiary/aromatic N) is 3. The summed E-state index contributed by atoms with van der Waals surface area (Å²) in [6.07, 6.45) is 1.76. The number of pyridine rings is 1. The first-order chi connectivity index (χ1) is 13.3. The molecule has 132 valence electrons. The molecule has 1 N–H and O–H groups in total. The van der Waals surface area contributed by atoms with Gasteiger partial charge in [0.2, 0.25) is 5.13 Å². The predicted molar refractivity (Wildman–Crippen MR) is 113 cm³/mol. The Morgan fingerprint density at radius 2 is 1.81 bits per heavy atom. The first-order valence-electron chi connectivity index (χ1n) is 8.31. The molecule has 4 rings (SSSR count). The van der Waals surface area contributed by atoms with Gasteiger partial charge in [0.05, 0.1) is 11.4 Å². The van der Waals surface area contributed by atoms with Crippen LogP contribution in [0.25, 0.3) is 11.3 Å². The van der Waals surface area contributed by atoms with Gasteiger partial charge in [0.25, 0.3) is 0 Å². The van der Waals surface area contributed by atoms with Crippen LogP contribution in [-0.2, 0) is 0 Å². The van der Waals surface area contributed by atoms with Crippen LogP contribution in [0.4, 0.5) is 5.13 Å². The van der Waals surface area contributed by atoms with E-state index in [-0.39, 0.29) is 0 Å². The van der Waals surface area contributed by atoms with Gasteiger partial charge in [-0.15, -0.1) is 11.3 Å². The van der Waals surface area contributed by atoms with E-state index in [9.17, 15) is 0 Å². The predicted octanol–water partition coefficient (Wildman–Crippen LogP) is 5.72. The molecule has 0 aliphatic heterocycles. The van der Waals surface area contributed by atoms with Crippen molar-refractivity contribution in [1.29, 1.82) is 0 Å². The number of hydrogen-bond acceptors (Lipinski definition) is 5. The maximum absolute atomic E-state index is 6.07.